The van der Waals surface area contributed by atoms with E-state index in [-0.39, 0.29) is 34.5 Å². The second kappa shape index (κ2) is 13.9. The molecule has 1 fully saturated rings. The van der Waals surface area contributed by atoms with Crippen molar-refractivity contribution < 1.29 is 23.6 Å². The number of nitrogens with one attached hydrogen (secondary N) is 2. The van der Waals surface area contributed by atoms with Crippen LogP contribution in [0.1, 0.15) is 47.7 Å². The molecule has 0 bridgehead atoms. The standard InChI is InChI=1S/C35H29ClFN3O4S/c1-21(2)22-11-15-25(16-12-22)40-32(41)20-31(35(40)44)45-26-17-13-24(14-18-26)38-34(43)30(19-27-28(36)9-6-10-29(27)37)39-33(42)23-7-4-3-5-8-23/h3-19,21,31H,20H2,1-2H3,(H,38,43)(H,39,42)/b30-19-. The molecule has 228 valence electrons. The van der Waals surface area contributed by atoms with E-state index < -0.39 is 22.9 Å². The van der Waals surface area contributed by atoms with Gasteiger partial charge in [-0.15, -0.1) is 11.8 Å². The van der Waals surface area contributed by atoms with Gasteiger partial charge in [-0.25, -0.2) is 9.29 Å². The largest absolute Gasteiger partial charge is 0.321 e. The van der Waals surface area contributed by atoms with Gasteiger partial charge in [0.1, 0.15) is 11.5 Å². The van der Waals surface area contributed by atoms with Crippen LogP contribution < -0.4 is 15.5 Å². The second-order valence-corrected chi connectivity index (χ2v) is 12.3. The molecule has 1 unspecified atom stereocenters. The van der Waals surface area contributed by atoms with Gasteiger partial charge in [-0.3, -0.25) is 19.2 Å². The summed E-state index contributed by atoms with van der Waals surface area (Å²) >= 11 is 7.45. The van der Waals surface area contributed by atoms with Crippen LogP contribution in [0.15, 0.2) is 108 Å². The molecule has 10 heteroatoms. The Labute approximate surface area is 269 Å². The van der Waals surface area contributed by atoms with E-state index in [0.717, 1.165) is 10.5 Å². The Morgan fingerprint density at radius 1 is 0.933 bits per heavy atom. The van der Waals surface area contributed by atoms with Crippen molar-refractivity contribution in [3.8, 4) is 0 Å². The number of carbonyl (C=O) groups is 4. The fourth-order valence-corrected chi connectivity index (χ4v) is 5.96. The highest BCUT2D eigenvalue weighted by atomic mass is 35.5. The highest BCUT2D eigenvalue weighted by Gasteiger charge is 2.40. The first-order valence-corrected chi connectivity index (χ1v) is 15.4. The lowest BCUT2D eigenvalue weighted by atomic mass is 10.0. The molecule has 0 aliphatic carbocycles. The van der Waals surface area contributed by atoms with Gasteiger partial charge in [-0.05, 0) is 78.2 Å². The molecule has 0 spiro atoms. The summed E-state index contributed by atoms with van der Waals surface area (Å²) in [6.45, 7) is 4.15. The Balaban J connectivity index is 1.29. The van der Waals surface area contributed by atoms with Crippen molar-refractivity contribution in [2.75, 3.05) is 10.2 Å². The summed E-state index contributed by atoms with van der Waals surface area (Å²) in [7, 11) is 0. The van der Waals surface area contributed by atoms with Crippen molar-refractivity contribution in [2.45, 2.75) is 36.3 Å². The quantitative estimate of drug-likeness (QED) is 0.146. The topological polar surface area (TPSA) is 95.6 Å². The normalized spacial score (nSPS) is 15.0. The van der Waals surface area contributed by atoms with Crippen LogP contribution in [0.5, 0.6) is 0 Å². The summed E-state index contributed by atoms with van der Waals surface area (Å²) in [6, 6.07) is 26.5. The number of hydrogen-bond donors (Lipinski definition) is 2. The van der Waals surface area contributed by atoms with Crippen LogP contribution in [0.3, 0.4) is 0 Å². The average Bonchev–Trinajstić information content (AvgIpc) is 3.31. The average molecular weight is 642 g/mol. The second-order valence-electron chi connectivity index (χ2n) is 10.6. The van der Waals surface area contributed by atoms with Gasteiger partial charge in [0, 0.05) is 28.1 Å². The van der Waals surface area contributed by atoms with Gasteiger partial charge in [-0.1, -0.05) is 61.8 Å². The number of imide groups is 1. The molecule has 2 N–H and O–H groups in total. The number of hydrogen-bond acceptors (Lipinski definition) is 5. The minimum Gasteiger partial charge on any atom is -0.321 e. The maximum atomic E-state index is 14.6. The van der Waals surface area contributed by atoms with Crippen LogP contribution >= 0.6 is 23.4 Å². The van der Waals surface area contributed by atoms with E-state index in [1.165, 1.54) is 40.9 Å². The van der Waals surface area contributed by atoms with E-state index >= 15 is 0 Å². The Morgan fingerprint density at radius 3 is 2.27 bits per heavy atom. The van der Waals surface area contributed by atoms with E-state index in [0.29, 0.717) is 22.9 Å². The van der Waals surface area contributed by atoms with Gasteiger partial charge in [0.25, 0.3) is 11.8 Å². The van der Waals surface area contributed by atoms with Gasteiger partial charge in [0.2, 0.25) is 11.8 Å². The van der Waals surface area contributed by atoms with Crippen LogP contribution in [0.4, 0.5) is 15.8 Å². The number of nitrogens with zero attached hydrogens (tertiary/aromatic N) is 1. The van der Waals surface area contributed by atoms with Crippen molar-refractivity contribution in [2.24, 2.45) is 0 Å². The summed E-state index contributed by atoms with van der Waals surface area (Å²) < 4.78 is 14.6. The number of rotatable bonds is 9. The molecular formula is C35H29ClFN3O4S. The summed E-state index contributed by atoms with van der Waals surface area (Å²) in [5.74, 6) is -2.12. The lowest BCUT2D eigenvalue weighted by Crippen LogP contribution is -2.31. The molecule has 0 radical (unpaired) electrons. The van der Waals surface area contributed by atoms with E-state index in [1.807, 2.05) is 12.1 Å². The van der Waals surface area contributed by atoms with Crippen LogP contribution in [-0.2, 0) is 14.4 Å². The minimum atomic E-state index is -0.699. The number of benzene rings is 4. The van der Waals surface area contributed by atoms with E-state index in [4.69, 9.17) is 11.6 Å². The van der Waals surface area contributed by atoms with Crippen molar-refractivity contribution in [1.29, 1.82) is 0 Å². The van der Waals surface area contributed by atoms with Gasteiger partial charge in [-0.2, -0.15) is 0 Å². The van der Waals surface area contributed by atoms with Gasteiger partial charge >= 0.3 is 0 Å². The molecule has 1 heterocycles. The predicted octanol–water partition coefficient (Wildman–Crippen LogP) is 7.44. The van der Waals surface area contributed by atoms with Crippen LogP contribution in [0, 0.1) is 5.82 Å². The number of halogens is 2. The maximum Gasteiger partial charge on any atom is 0.272 e. The zero-order valence-corrected chi connectivity index (χ0v) is 26.0. The number of amides is 4. The molecule has 0 aromatic heterocycles. The van der Waals surface area contributed by atoms with E-state index in [2.05, 4.69) is 24.5 Å². The smallest absolute Gasteiger partial charge is 0.272 e. The highest BCUT2D eigenvalue weighted by molar-refractivity contribution is 8.00. The summed E-state index contributed by atoms with van der Waals surface area (Å²) in [5, 5.41) is 4.75. The van der Waals surface area contributed by atoms with Gasteiger partial charge in [0.15, 0.2) is 0 Å². The number of thioether (sulfide) groups is 1. The third-order valence-corrected chi connectivity index (χ3v) is 8.66. The summed E-state index contributed by atoms with van der Waals surface area (Å²) in [5.41, 5.74) is 2.10. The predicted molar refractivity (Wildman–Crippen MR) is 176 cm³/mol. The molecule has 0 saturated carbocycles. The van der Waals surface area contributed by atoms with Gasteiger partial charge < -0.3 is 10.6 Å². The fraction of sp³-hybridized carbons (Fsp3) is 0.143. The Bertz CT molecular complexity index is 1760. The third kappa shape index (κ3) is 7.50. The zero-order valence-electron chi connectivity index (χ0n) is 24.4. The lowest BCUT2D eigenvalue weighted by molar-refractivity contribution is -0.121. The zero-order chi connectivity index (χ0) is 32.1. The van der Waals surface area contributed by atoms with Gasteiger partial charge in [0.05, 0.1) is 16.0 Å². The summed E-state index contributed by atoms with van der Waals surface area (Å²) in [6.07, 6.45) is 1.25. The number of carbonyl (C=O) groups excluding carboxylic acids is 4. The molecule has 1 saturated heterocycles. The lowest BCUT2D eigenvalue weighted by Gasteiger charge is -2.16. The third-order valence-electron chi connectivity index (χ3n) is 7.13. The molecule has 7 nitrogen and oxygen atoms in total. The fourth-order valence-electron chi connectivity index (χ4n) is 4.69. The van der Waals surface area contributed by atoms with E-state index in [9.17, 15) is 23.6 Å². The molecule has 5 rings (SSSR count). The Kier molecular flexibility index (Phi) is 9.80. The van der Waals surface area contributed by atoms with Crippen molar-refractivity contribution >= 4 is 64.4 Å². The monoisotopic (exact) mass is 641 g/mol. The molecule has 4 amide bonds. The first-order valence-electron chi connectivity index (χ1n) is 14.2. The molecule has 1 atom stereocenters. The first-order chi connectivity index (χ1) is 21.6. The molecule has 4 aromatic carbocycles. The number of anilines is 2. The molecule has 45 heavy (non-hydrogen) atoms. The van der Waals surface area contributed by atoms with Crippen LogP contribution in [-0.4, -0.2) is 28.9 Å². The minimum absolute atomic E-state index is 0.0508. The molecule has 1 aliphatic heterocycles. The molecular weight excluding hydrogens is 613 g/mol. The van der Waals surface area contributed by atoms with Crippen molar-refractivity contribution in [3.63, 3.8) is 0 Å². The Hall–Kier alpha value is -4.73. The first kappa shape index (κ1) is 31.7. The van der Waals surface area contributed by atoms with Crippen molar-refractivity contribution in [3.05, 3.63) is 130 Å². The molecule has 4 aromatic rings. The Morgan fingerprint density at radius 2 is 1.62 bits per heavy atom. The summed E-state index contributed by atoms with van der Waals surface area (Å²) in [4.78, 5) is 54.1. The molecule has 1 aliphatic rings. The van der Waals surface area contributed by atoms with Crippen LogP contribution in [0.2, 0.25) is 5.02 Å². The van der Waals surface area contributed by atoms with Crippen molar-refractivity contribution in [1.82, 2.24) is 5.32 Å². The highest BCUT2D eigenvalue weighted by Crippen LogP contribution is 2.35. The van der Waals surface area contributed by atoms with E-state index in [1.54, 1.807) is 66.7 Å². The maximum absolute atomic E-state index is 14.6. The SMILES string of the molecule is CC(C)c1ccc(N2C(=O)CC(Sc3ccc(NC(=O)/C(=C/c4c(F)cccc4Cl)NC(=O)c4ccccc4)cc3)C2=O)cc1. The van der Waals surface area contributed by atoms with Crippen LogP contribution in [0.25, 0.3) is 6.08 Å².